The van der Waals surface area contributed by atoms with E-state index in [9.17, 15) is 19.1 Å². The Kier molecular flexibility index (Phi) is 6.24. The molecule has 208 valence electrons. The van der Waals surface area contributed by atoms with Crippen LogP contribution in [0.1, 0.15) is 29.7 Å². The molecule has 3 heterocycles. The van der Waals surface area contributed by atoms with Crippen molar-refractivity contribution in [3.63, 3.8) is 0 Å². The van der Waals surface area contributed by atoms with Crippen molar-refractivity contribution >= 4 is 44.1 Å². The number of carbonyl (C=O) groups excluding carboxylic acids is 2. The number of benzene rings is 4. The van der Waals surface area contributed by atoms with Crippen molar-refractivity contribution in [1.29, 1.82) is 0 Å². The number of aliphatic hydroxyl groups excluding tert-OH is 1. The van der Waals surface area contributed by atoms with Gasteiger partial charge in [0.2, 0.25) is 0 Å². The van der Waals surface area contributed by atoms with E-state index in [1.54, 1.807) is 42.5 Å². The highest BCUT2D eigenvalue weighted by molar-refractivity contribution is 7.22. The quantitative estimate of drug-likeness (QED) is 0.135. The molecular weight excluding hydrogens is 555 g/mol. The van der Waals surface area contributed by atoms with E-state index in [0.29, 0.717) is 39.3 Å². The summed E-state index contributed by atoms with van der Waals surface area (Å²) in [5.74, 6) is -0.591. The molecule has 1 aromatic heterocycles. The molecule has 0 aliphatic carbocycles. The van der Waals surface area contributed by atoms with Gasteiger partial charge in [0, 0.05) is 12.0 Å². The summed E-state index contributed by atoms with van der Waals surface area (Å²) in [6.07, 6.45) is 0.661. The maximum atomic E-state index is 14.0. The van der Waals surface area contributed by atoms with Crippen LogP contribution in [0.3, 0.4) is 0 Å². The lowest BCUT2D eigenvalue weighted by Gasteiger charge is -2.23. The number of ether oxygens (including phenoxy) is 2. The number of para-hydroxylation sites is 1. The topological polar surface area (TPSA) is 89.0 Å². The van der Waals surface area contributed by atoms with Gasteiger partial charge in [-0.15, -0.1) is 0 Å². The minimum absolute atomic E-state index is 0.000738. The van der Waals surface area contributed by atoms with Gasteiger partial charge in [0.1, 0.15) is 34.9 Å². The molecule has 0 unspecified atom stereocenters. The maximum Gasteiger partial charge on any atom is 0.301 e. The van der Waals surface area contributed by atoms with E-state index in [1.165, 1.54) is 23.1 Å². The van der Waals surface area contributed by atoms with Crippen LogP contribution in [0.4, 0.5) is 9.52 Å². The lowest BCUT2D eigenvalue weighted by atomic mass is 9.94. The number of halogens is 1. The van der Waals surface area contributed by atoms with Crippen LogP contribution in [0.25, 0.3) is 16.0 Å². The molecule has 2 aliphatic heterocycles. The maximum absolute atomic E-state index is 14.0. The fourth-order valence-electron chi connectivity index (χ4n) is 5.43. The highest BCUT2D eigenvalue weighted by atomic mass is 32.1. The Morgan fingerprint density at radius 3 is 2.64 bits per heavy atom. The van der Waals surface area contributed by atoms with E-state index < -0.39 is 23.5 Å². The molecule has 0 saturated carbocycles. The second-order valence-corrected chi connectivity index (χ2v) is 11.2. The van der Waals surface area contributed by atoms with Crippen molar-refractivity contribution < 1.29 is 28.6 Å². The minimum atomic E-state index is -1.02. The summed E-state index contributed by atoms with van der Waals surface area (Å²) in [4.78, 5) is 33.2. The first kappa shape index (κ1) is 25.9. The number of hydrogen-bond acceptors (Lipinski definition) is 7. The van der Waals surface area contributed by atoms with E-state index >= 15 is 0 Å². The Morgan fingerprint density at radius 2 is 1.81 bits per heavy atom. The van der Waals surface area contributed by atoms with Gasteiger partial charge in [0.05, 0.1) is 21.8 Å². The fraction of sp³-hybridized carbons (Fsp3) is 0.121. The average molecular weight is 579 g/mol. The number of anilines is 1. The SMILES string of the molecule is C[C@@H]1Cc2cc(C(O)=C3C(=O)C(=O)N(c4nc5ccc(F)cc5s4)[C@H]3c3cccc(Oc4ccccc4)c3)ccc2O1. The number of carbonyl (C=O) groups is 2. The minimum Gasteiger partial charge on any atom is -0.507 e. The molecule has 42 heavy (non-hydrogen) atoms. The van der Waals surface area contributed by atoms with Crippen molar-refractivity contribution in [3.8, 4) is 17.2 Å². The Morgan fingerprint density at radius 1 is 1.00 bits per heavy atom. The number of Topliss-reactive ketones (excluding diaryl/α,β-unsaturated/α-hetero) is 1. The molecule has 5 aromatic rings. The van der Waals surface area contributed by atoms with Crippen LogP contribution < -0.4 is 14.4 Å². The number of fused-ring (bicyclic) bond motifs is 2. The third-order valence-electron chi connectivity index (χ3n) is 7.31. The average Bonchev–Trinajstić information content (AvgIpc) is 3.65. The first-order valence-corrected chi connectivity index (χ1v) is 14.2. The Balaban J connectivity index is 1.38. The van der Waals surface area contributed by atoms with E-state index in [2.05, 4.69) is 4.98 Å². The molecule has 2 atom stereocenters. The standard InChI is InChI=1S/C33H23FN2O5S/c1-18-14-21-15-20(10-13-26(21)40-18)30(37)28-29(19-6-5-9-24(16-19)41-23-7-3-2-4-8-23)36(32(39)31(28)38)33-35-25-12-11-22(34)17-27(25)42-33/h2-13,15-18,29,37H,14H2,1H3/t18-,29+/m1/s1. The normalized spacial score (nSPS) is 19.2. The first-order valence-electron chi connectivity index (χ1n) is 13.4. The van der Waals surface area contributed by atoms with Crippen molar-refractivity contribution in [2.24, 2.45) is 0 Å². The number of ketones is 1. The summed E-state index contributed by atoms with van der Waals surface area (Å²) < 4.78 is 26.3. The summed E-state index contributed by atoms with van der Waals surface area (Å²) in [5, 5.41) is 11.8. The first-order chi connectivity index (χ1) is 20.4. The molecule has 1 amide bonds. The Bertz CT molecular complexity index is 1920. The van der Waals surface area contributed by atoms with Gasteiger partial charge in [-0.3, -0.25) is 14.5 Å². The van der Waals surface area contributed by atoms with Crippen LogP contribution in [-0.2, 0) is 16.0 Å². The zero-order valence-electron chi connectivity index (χ0n) is 22.3. The van der Waals surface area contributed by atoms with E-state index in [4.69, 9.17) is 9.47 Å². The fourth-order valence-corrected chi connectivity index (χ4v) is 6.45. The number of nitrogens with zero attached hydrogens (tertiary/aromatic N) is 2. The van der Waals surface area contributed by atoms with Crippen molar-refractivity contribution in [2.45, 2.75) is 25.5 Å². The lowest BCUT2D eigenvalue weighted by molar-refractivity contribution is -0.132. The highest BCUT2D eigenvalue weighted by Gasteiger charge is 2.48. The second-order valence-electron chi connectivity index (χ2n) is 10.2. The second kappa shape index (κ2) is 10.1. The number of rotatable bonds is 5. The molecule has 1 saturated heterocycles. The molecule has 9 heteroatoms. The van der Waals surface area contributed by atoms with Crippen LogP contribution in [0.2, 0.25) is 0 Å². The Labute approximate surface area is 244 Å². The number of aliphatic hydroxyl groups is 1. The van der Waals surface area contributed by atoms with Gasteiger partial charge in [0.15, 0.2) is 5.13 Å². The predicted octanol–water partition coefficient (Wildman–Crippen LogP) is 7.18. The smallest absolute Gasteiger partial charge is 0.301 e. The third-order valence-corrected chi connectivity index (χ3v) is 8.33. The van der Waals surface area contributed by atoms with Gasteiger partial charge in [-0.05, 0) is 78.7 Å². The molecule has 4 aromatic carbocycles. The predicted molar refractivity (Wildman–Crippen MR) is 158 cm³/mol. The summed E-state index contributed by atoms with van der Waals surface area (Å²) in [6.45, 7) is 1.96. The van der Waals surface area contributed by atoms with Crippen LogP contribution in [0, 0.1) is 5.82 Å². The molecule has 0 bridgehead atoms. The zero-order valence-corrected chi connectivity index (χ0v) is 23.1. The van der Waals surface area contributed by atoms with Crippen molar-refractivity contribution in [3.05, 3.63) is 119 Å². The monoisotopic (exact) mass is 578 g/mol. The van der Waals surface area contributed by atoms with Crippen LogP contribution >= 0.6 is 11.3 Å². The van der Waals surface area contributed by atoms with Crippen LogP contribution in [0.5, 0.6) is 17.2 Å². The molecule has 2 aliphatic rings. The van der Waals surface area contributed by atoms with Crippen molar-refractivity contribution in [2.75, 3.05) is 4.90 Å². The zero-order chi connectivity index (χ0) is 29.0. The summed E-state index contributed by atoms with van der Waals surface area (Å²) in [6, 6.07) is 24.6. The molecule has 7 nitrogen and oxygen atoms in total. The van der Waals surface area contributed by atoms with Gasteiger partial charge in [-0.1, -0.05) is 41.7 Å². The molecular formula is C33H23FN2O5S. The Hall–Kier alpha value is -5.02. The van der Waals surface area contributed by atoms with E-state index in [1.807, 2.05) is 37.3 Å². The largest absolute Gasteiger partial charge is 0.507 e. The molecule has 1 fully saturated rings. The van der Waals surface area contributed by atoms with Gasteiger partial charge in [-0.2, -0.15) is 0 Å². The highest BCUT2D eigenvalue weighted by Crippen LogP contribution is 2.45. The third kappa shape index (κ3) is 4.48. The van der Waals surface area contributed by atoms with Gasteiger partial charge >= 0.3 is 5.91 Å². The summed E-state index contributed by atoms with van der Waals surface area (Å²) in [7, 11) is 0. The van der Waals surface area contributed by atoms with E-state index in [0.717, 1.165) is 22.6 Å². The van der Waals surface area contributed by atoms with Crippen molar-refractivity contribution in [1.82, 2.24) is 4.98 Å². The lowest BCUT2D eigenvalue weighted by Crippen LogP contribution is -2.29. The number of thiazole rings is 1. The summed E-state index contributed by atoms with van der Waals surface area (Å²) >= 11 is 1.10. The molecule has 0 spiro atoms. The number of amides is 1. The van der Waals surface area contributed by atoms with E-state index in [-0.39, 0.29) is 22.6 Å². The van der Waals surface area contributed by atoms with Gasteiger partial charge in [-0.25, -0.2) is 9.37 Å². The number of aromatic nitrogens is 1. The number of hydrogen-bond donors (Lipinski definition) is 1. The van der Waals surface area contributed by atoms with Gasteiger partial charge in [0.25, 0.3) is 5.78 Å². The molecule has 0 radical (unpaired) electrons. The van der Waals surface area contributed by atoms with Crippen LogP contribution in [-0.4, -0.2) is 27.9 Å². The molecule has 7 rings (SSSR count). The van der Waals surface area contributed by atoms with Gasteiger partial charge < -0.3 is 14.6 Å². The summed E-state index contributed by atoms with van der Waals surface area (Å²) in [5.41, 5.74) is 2.26. The molecule has 1 N–H and O–H groups in total. The van der Waals surface area contributed by atoms with Crippen LogP contribution in [0.15, 0.2) is 96.6 Å².